The number of aliphatic hydroxyl groups excluding tert-OH is 1. The predicted octanol–water partition coefficient (Wildman–Crippen LogP) is 2.26. The number of ether oxygens (including phenoxy) is 1. The maximum Gasteiger partial charge on any atom is 0.244 e. The maximum absolute atomic E-state index is 9.81. The van der Waals surface area contributed by atoms with Crippen molar-refractivity contribution in [3.8, 4) is 5.75 Å². The van der Waals surface area contributed by atoms with E-state index in [1.54, 1.807) is 7.11 Å². The molecule has 1 atom stereocenters. The molecule has 1 N–H and O–H groups in total. The summed E-state index contributed by atoms with van der Waals surface area (Å²) in [5.74, 6) is 0.656. The fraction of sp³-hybridized carbons (Fsp3) is 0.417. The smallest absolute Gasteiger partial charge is 0.244 e. The van der Waals surface area contributed by atoms with E-state index in [1.165, 1.54) is 0 Å². The highest BCUT2D eigenvalue weighted by molar-refractivity contribution is 5.44. The van der Waals surface area contributed by atoms with Gasteiger partial charge >= 0.3 is 0 Å². The van der Waals surface area contributed by atoms with Crippen LogP contribution in [0.4, 0.5) is 0 Å². The van der Waals surface area contributed by atoms with E-state index in [-0.39, 0.29) is 6.54 Å². The summed E-state index contributed by atoms with van der Waals surface area (Å²) in [6.07, 6.45) is -0.766. The van der Waals surface area contributed by atoms with Crippen LogP contribution < -0.4 is 4.74 Å². The van der Waals surface area contributed by atoms with Crippen molar-refractivity contribution >= 4 is 0 Å². The lowest BCUT2D eigenvalue weighted by Gasteiger charge is -2.14. The molecule has 0 aromatic heterocycles. The number of hydrogen-bond donors (Lipinski definition) is 1. The van der Waals surface area contributed by atoms with Crippen molar-refractivity contribution in [3.05, 3.63) is 40.2 Å². The summed E-state index contributed by atoms with van der Waals surface area (Å²) in [6.45, 7) is 10.7. The summed E-state index contributed by atoms with van der Waals surface area (Å²) in [6, 6.07) is 3.85. The molecule has 1 unspecified atom stereocenters. The van der Waals surface area contributed by atoms with E-state index >= 15 is 0 Å². The van der Waals surface area contributed by atoms with Crippen molar-refractivity contribution in [3.63, 3.8) is 0 Å². The normalized spacial score (nSPS) is 11.9. The minimum atomic E-state index is -0.766. The number of benzene rings is 1. The van der Waals surface area contributed by atoms with Gasteiger partial charge in [-0.15, -0.1) is 0 Å². The van der Waals surface area contributed by atoms with Gasteiger partial charge in [0.2, 0.25) is 6.54 Å². The lowest BCUT2D eigenvalue weighted by atomic mass is 9.99. The zero-order valence-electron chi connectivity index (χ0n) is 9.24. The number of methoxy groups -OCH3 is 1. The molecule has 3 nitrogen and oxygen atoms in total. The van der Waals surface area contributed by atoms with Gasteiger partial charge in [-0.1, -0.05) is 6.07 Å². The first kappa shape index (κ1) is 11.5. The Balaban J connectivity index is 3.21. The Bertz CT molecular complexity index is 393. The molecule has 1 aromatic rings. The van der Waals surface area contributed by atoms with E-state index in [1.807, 2.05) is 26.0 Å². The highest BCUT2D eigenvalue weighted by atomic mass is 16.5. The third-order valence-corrected chi connectivity index (χ3v) is 2.31. The van der Waals surface area contributed by atoms with Crippen LogP contribution in [-0.4, -0.2) is 18.8 Å². The van der Waals surface area contributed by atoms with E-state index in [0.717, 1.165) is 16.7 Å². The second kappa shape index (κ2) is 4.81. The predicted molar refractivity (Wildman–Crippen MR) is 58.9 cm³/mol. The molecule has 15 heavy (non-hydrogen) atoms. The Labute approximate surface area is 90.1 Å². The summed E-state index contributed by atoms with van der Waals surface area (Å²) in [7, 11) is 1.57. The lowest BCUT2D eigenvalue weighted by molar-refractivity contribution is 0.189. The fourth-order valence-electron chi connectivity index (χ4n) is 1.71. The molecular weight excluding hydrogens is 190 g/mol. The van der Waals surface area contributed by atoms with Gasteiger partial charge in [0.25, 0.3) is 0 Å². The van der Waals surface area contributed by atoms with E-state index < -0.39 is 6.10 Å². The summed E-state index contributed by atoms with van der Waals surface area (Å²) in [5, 5.41) is 9.81. The highest BCUT2D eigenvalue weighted by Crippen LogP contribution is 2.30. The van der Waals surface area contributed by atoms with E-state index in [2.05, 4.69) is 4.85 Å². The van der Waals surface area contributed by atoms with Gasteiger partial charge in [-0.05, 0) is 31.0 Å². The second-order valence-electron chi connectivity index (χ2n) is 3.55. The second-order valence-corrected chi connectivity index (χ2v) is 3.55. The Kier molecular flexibility index (Phi) is 3.70. The zero-order valence-corrected chi connectivity index (χ0v) is 9.24. The van der Waals surface area contributed by atoms with Crippen LogP contribution in [0.5, 0.6) is 5.75 Å². The Hall–Kier alpha value is -1.53. The molecule has 0 radical (unpaired) electrons. The van der Waals surface area contributed by atoms with E-state index in [4.69, 9.17) is 11.3 Å². The molecule has 80 valence electrons. The molecule has 0 saturated heterocycles. The van der Waals surface area contributed by atoms with Gasteiger partial charge in [0, 0.05) is 5.56 Å². The summed E-state index contributed by atoms with van der Waals surface area (Å²) < 4.78 is 5.21. The van der Waals surface area contributed by atoms with Crippen LogP contribution in [0.15, 0.2) is 12.1 Å². The summed E-state index contributed by atoms with van der Waals surface area (Å²) >= 11 is 0. The molecule has 1 rings (SSSR count). The SMILES string of the molecule is [C-]#[N+]CC(O)c1c(C)cc(C)cc1OC. The highest BCUT2D eigenvalue weighted by Gasteiger charge is 2.18. The van der Waals surface area contributed by atoms with Gasteiger partial charge in [-0.3, -0.25) is 0 Å². The molecule has 0 saturated carbocycles. The summed E-state index contributed by atoms with van der Waals surface area (Å²) in [5.41, 5.74) is 2.77. The first-order valence-corrected chi connectivity index (χ1v) is 4.76. The van der Waals surface area contributed by atoms with Crippen molar-refractivity contribution < 1.29 is 9.84 Å². The van der Waals surface area contributed by atoms with Gasteiger partial charge in [0.05, 0.1) is 7.11 Å². The monoisotopic (exact) mass is 205 g/mol. The van der Waals surface area contributed by atoms with Crippen molar-refractivity contribution in [2.45, 2.75) is 20.0 Å². The van der Waals surface area contributed by atoms with Crippen molar-refractivity contribution in [1.82, 2.24) is 0 Å². The minimum Gasteiger partial charge on any atom is -0.496 e. The van der Waals surface area contributed by atoms with Gasteiger partial charge in [-0.2, -0.15) is 0 Å². The van der Waals surface area contributed by atoms with Crippen LogP contribution in [0.2, 0.25) is 0 Å². The van der Waals surface area contributed by atoms with Gasteiger partial charge in [0.15, 0.2) is 6.10 Å². The van der Waals surface area contributed by atoms with Gasteiger partial charge < -0.3 is 14.7 Å². The van der Waals surface area contributed by atoms with Crippen molar-refractivity contribution in [1.29, 1.82) is 0 Å². The fourth-order valence-corrected chi connectivity index (χ4v) is 1.71. The standard InChI is InChI=1S/C12H15NO2/c1-8-5-9(2)12(10(14)7-13-3)11(6-8)15-4/h5-6,10,14H,7H2,1-2,4H3. The number of aryl methyl sites for hydroxylation is 2. The molecule has 0 amide bonds. The first-order chi connectivity index (χ1) is 7.10. The topological polar surface area (TPSA) is 33.8 Å². The quantitative estimate of drug-likeness (QED) is 0.768. The minimum absolute atomic E-state index is 0.0697. The molecule has 0 bridgehead atoms. The van der Waals surface area contributed by atoms with Gasteiger partial charge in [-0.25, -0.2) is 6.57 Å². The first-order valence-electron chi connectivity index (χ1n) is 4.76. The molecule has 0 spiro atoms. The van der Waals surface area contributed by atoms with E-state index in [9.17, 15) is 5.11 Å². The molecule has 0 aliphatic heterocycles. The molecule has 0 aliphatic carbocycles. The van der Waals surface area contributed by atoms with Crippen LogP contribution in [-0.2, 0) is 0 Å². The average molecular weight is 205 g/mol. The van der Waals surface area contributed by atoms with Crippen molar-refractivity contribution in [2.24, 2.45) is 0 Å². The largest absolute Gasteiger partial charge is 0.496 e. The Morgan fingerprint density at radius 3 is 2.67 bits per heavy atom. The molecule has 0 fully saturated rings. The summed E-state index contributed by atoms with van der Waals surface area (Å²) in [4.78, 5) is 3.20. The zero-order chi connectivity index (χ0) is 11.4. The molecule has 0 aliphatic rings. The molecule has 1 aromatic carbocycles. The van der Waals surface area contributed by atoms with E-state index in [0.29, 0.717) is 5.75 Å². The lowest BCUT2D eigenvalue weighted by Crippen LogP contribution is -2.05. The van der Waals surface area contributed by atoms with Crippen LogP contribution in [0.1, 0.15) is 22.8 Å². The number of nitrogens with zero attached hydrogens (tertiary/aromatic N) is 1. The van der Waals surface area contributed by atoms with Crippen LogP contribution in [0, 0.1) is 20.4 Å². The van der Waals surface area contributed by atoms with Crippen molar-refractivity contribution in [2.75, 3.05) is 13.7 Å². The maximum atomic E-state index is 9.81. The van der Waals surface area contributed by atoms with Crippen LogP contribution >= 0.6 is 0 Å². The number of hydrogen-bond acceptors (Lipinski definition) is 2. The Morgan fingerprint density at radius 2 is 2.13 bits per heavy atom. The molecular formula is C12H15NO2. The number of rotatable bonds is 3. The molecule has 0 heterocycles. The third-order valence-electron chi connectivity index (χ3n) is 2.31. The van der Waals surface area contributed by atoms with Crippen LogP contribution in [0.25, 0.3) is 4.85 Å². The third kappa shape index (κ3) is 2.48. The van der Waals surface area contributed by atoms with Crippen LogP contribution in [0.3, 0.4) is 0 Å². The number of aliphatic hydroxyl groups is 1. The van der Waals surface area contributed by atoms with Gasteiger partial charge in [0.1, 0.15) is 5.75 Å². The average Bonchev–Trinajstić information content (AvgIpc) is 2.16. The Morgan fingerprint density at radius 1 is 1.47 bits per heavy atom. The molecule has 3 heteroatoms.